The number of anilines is 2. The standard InChI is InChI=1S/C47H43N7O6/c1-31(53(47(57)60-4)44-38-21-13-11-19-36(38)37-20-12-14-22-39(37)44)52(28-41(56)59-3)40(55)27-51-30-50-42-45(51)48-29-49-46(42)54(34-23-25-35(58-2)26-24-34)43(32-15-7-5-8-16-32)33-17-9-6-10-18-33/h5-26,29-31,43-44H,27-28H2,1-4H3. The van der Waals surface area contributed by atoms with Crippen LogP contribution < -0.4 is 9.64 Å². The number of hydrogen-bond donors (Lipinski definition) is 0. The smallest absolute Gasteiger partial charge is 0.411 e. The molecule has 60 heavy (non-hydrogen) atoms. The highest BCUT2D eigenvalue weighted by atomic mass is 16.5. The summed E-state index contributed by atoms with van der Waals surface area (Å²) in [7, 11) is 4.18. The van der Waals surface area contributed by atoms with Crippen LogP contribution in [0, 0.1) is 0 Å². The first-order chi connectivity index (χ1) is 29.3. The fourth-order valence-corrected chi connectivity index (χ4v) is 8.08. The van der Waals surface area contributed by atoms with Crippen molar-refractivity contribution in [2.24, 2.45) is 0 Å². The highest BCUT2D eigenvalue weighted by molar-refractivity contribution is 5.89. The molecule has 8 rings (SSSR count). The number of methoxy groups -OCH3 is 3. The van der Waals surface area contributed by atoms with Gasteiger partial charge in [0.25, 0.3) is 0 Å². The van der Waals surface area contributed by atoms with E-state index < -0.39 is 36.7 Å². The number of carbonyl (C=O) groups is 3. The second kappa shape index (κ2) is 17.1. The molecule has 0 spiro atoms. The maximum atomic E-state index is 14.7. The van der Waals surface area contributed by atoms with Crippen molar-refractivity contribution in [3.8, 4) is 16.9 Å². The van der Waals surface area contributed by atoms with Crippen LogP contribution in [0.5, 0.6) is 5.75 Å². The van der Waals surface area contributed by atoms with E-state index in [1.54, 1.807) is 18.6 Å². The fraction of sp³-hybridized carbons (Fsp3) is 0.191. The molecule has 0 aliphatic heterocycles. The lowest BCUT2D eigenvalue weighted by Crippen LogP contribution is -2.55. The average molecular weight is 802 g/mol. The van der Waals surface area contributed by atoms with E-state index in [-0.39, 0.29) is 12.6 Å². The number of imidazole rings is 1. The second-order valence-electron chi connectivity index (χ2n) is 14.2. The van der Waals surface area contributed by atoms with Crippen LogP contribution in [0.4, 0.5) is 16.3 Å². The Morgan fingerprint density at radius 2 is 1.28 bits per heavy atom. The predicted octanol–water partition coefficient (Wildman–Crippen LogP) is 7.95. The summed E-state index contributed by atoms with van der Waals surface area (Å²) in [5.41, 5.74) is 7.35. The molecule has 1 aliphatic rings. The van der Waals surface area contributed by atoms with Crippen LogP contribution in [0.3, 0.4) is 0 Å². The van der Waals surface area contributed by atoms with Gasteiger partial charge in [-0.15, -0.1) is 0 Å². The Labute approximate surface area is 347 Å². The van der Waals surface area contributed by atoms with Crippen LogP contribution in [0.1, 0.15) is 41.3 Å². The number of benzene rings is 5. The van der Waals surface area contributed by atoms with E-state index in [1.807, 2.05) is 109 Å². The number of hydrogen-bond acceptors (Lipinski definition) is 10. The molecule has 1 unspecified atom stereocenters. The molecule has 0 saturated carbocycles. The van der Waals surface area contributed by atoms with Gasteiger partial charge >= 0.3 is 12.1 Å². The minimum Gasteiger partial charge on any atom is -0.497 e. The van der Waals surface area contributed by atoms with Crippen molar-refractivity contribution >= 4 is 40.6 Å². The molecule has 5 aromatic carbocycles. The van der Waals surface area contributed by atoms with E-state index in [1.165, 1.54) is 36.7 Å². The SMILES string of the molecule is COC(=O)CN(C(=O)Cn1cnc2c(N(c3ccc(OC)cc3)C(c3ccccc3)c3ccccc3)ncnc21)C(C)N(C(=O)OC)C1c2ccccc2-c2ccccc21. The molecule has 0 radical (unpaired) electrons. The zero-order chi connectivity index (χ0) is 41.8. The lowest BCUT2D eigenvalue weighted by atomic mass is 9.96. The van der Waals surface area contributed by atoms with Crippen molar-refractivity contribution in [1.29, 1.82) is 0 Å². The lowest BCUT2D eigenvalue weighted by molar-refractivity contribution is -0.151. The molecule has 302 valence electrons. The third-order valence-corrected chi connectivity index (χ3v) is 10.9. The Hall–Kier alpha value is -7.54. The molecular formula is C47H43N7O6. The van der Waals surface area contributed by atoms with Gasteiger partial charge in [-0.1, -0.05) is 109 Å². The third-order valence-electron chi connectivity index (χ3n) is 10.9. The molecule has 0 N–H and O–H groups in total. The van der Waals surface area contributed by atoms with Gasteiger partial charge in [0.15, 0.2) is 17.0 Å². The Balaban J connectivity index is 1.19. The molecule has 0 saturated heterocycles. The van der Waals surface area contributed by atoms with Crippen molar-refractivity contribution < 1.29 is 28.6 Å². The minimum absolute atomic E-state index is 0.273. The maximum absolute atomic E-state index is 14.7. The summed E-state index contributed by atoms with van der Waals surface area (Å²) in [4.78, 5) is 60.7. The van der Waals surface area contributed by atoms with E-state index in [9.17, 15) is 14.4 Å². The number of rotatable bonds is 13. The average Bonchev–Trinajstić information content (AvgIpc) is 3.86. The van der Waals surface area contributed by atoms with E-state index in [0.29, 0.717) is 22.7 Å². The summed E-state index contributed by atoms with van der Waals surface area (Å²) in [5.74, 6) is 0.0575. The third kappa shape index (κ3) is 7.37. The second-order valence-corrected chi connectivity index (χ2v) is 14.2. The van der Waals surface area contributed by atoms with Crippen LogP contribution in [0.25, 0.3) is 22.3 Å². The first-order valence-corrected chi connectivity index (χ1v) is 19.4. The molecule has 13 nitrogen and oxygen atoms in total. The van der Waals surface area contributed by atoms with Gasteiger partial charge in [-0.05, 0) is 64.6 Å². The van der Waals surface area contributed by atoms with Crippen molar-refractivity contribution in [3.05, 3.63) is 168 Å². The van der Waals surface area contributed by atoms with Gasteiger partial charge in [-0.3, -0.25) is 14.5 Å². The molecule has 7 aromatic rings. The van der Waals surface area contributed by atoms with E-state index in [0.717, 1.165) is 39.1 Å². The van der Waals surface area contributed by atoms with Crippen molar-refractivity contribution in [3.63, 3.8) is 0 Å². The summed E-state index contributed by atoms with van der Waals surface area (Å²) < 4.78 is 17.5. The lowest BCUT2D eigenvalue weighted by Gasteiger charge is -2.40. The molecule has 2 amide bonds. The quantitative estimate of drug-likeness (QED) is 0.0836. The van der Waals surface area contributed by atoms with Crippen molar-refractivity contribution in [2.45, 2.75) is 31.7 Å². The van der Waals surface area contributed by atoms with Gasteiger partial charge in [-0.25, -0.2) is 19.7 Å². The number of esters is 1. The van der Waals surface area contributed by atoms with E-state index in [4.69, 9.17) is 24.2 Å². The van der Waals surface area contributed by atoms with E-state index in [2.05, 4.69) is 34.1 Å². The number of nitrogens with zero attached hydrogens (tertiary/aromatic N) is 7. The molecule has 13 heteroatoms. The zero-order valence-electron chi connectivity index (χ0n) is 33.6. The molecule has 0 fully saturated rings. The molecule has 2 heterocycles. The summed E-state index contributed by atoms with van der Waals surface area (Å²) in [6.07, 6.45) is 1.34. The fourth-order valence-electron chi connectivity index (χ4n) is 8.08. The first-order valence-electron chi connectivity index (χ1n) is 19.4. The largest absolute Gasteiger partial charge is 0.497 e. The highest BCUT2D eigenvalue weighted by Gasteiger charge is 2.42. The number of amides is 2. The van der Waals surface area contributed by atoms with Gasteiger partial charge in [0.05, 0.1) is 39.7 Å². The number of ether oxygens (including phenoxy) is 3. The highest BCUT2D eigenvalue weighted by Crippen LogP contribution is 2.47. The Kier molecular flexibility index (Phi) is 11.2. The number of carbonyl (C=O) groups excluding carboxylic acids is 3. The first kappa shape index (κ1) is 39.3. The monoisotopic (exact) mass is 801 g/mol. The van der Waals surface area contributed by atoms with Crippen LogP contribution >= 0.6 is 0 Å². The molecule has 1 atom stereocenters. The Morgan fingerprint density at radius 3 is 1.85 bits per heavy atom. The van der Waals surface area contributed by atoms with Gasteiger partial charge in [-0.2, -0.15) is 0 Å². The normalized spacial score (nSPS) is 12.3. The maximum Gasteiger partial charge on any atom is 0.411 e. The molecule has 2 aromatic heterocycles. The van der Waals surface area contributed by atoms with E-state index >= 15 is 0 Å². The summed E-state index contributed by atoms with van der Waals surface area (Å²) in [5, 5.41) is 0. The summed E-state index contributed by atoms with van der Waals surface area (Å²) >= 11 is 0. The predicted molar refractivity (Wildman–Crippen MR) is 226 cm³/mol. The summed E-state index contributed by atoms with van der Waals surface area (Å²) in [6.45, 7) is 0.992. The van der Waals surface area contributed by atoms with Crippen LogP contribution in [0.2, 0.25) is 0 Å². The van der Waals surface area contributed by atoms with Crippen LogP contribution in [0.15, 0.2) is 146 Å². The van der Waals surface area contributed by atoms with Crippen molar-refractivity contribution in [1.82, 2.24) is 29.3 Å². The van der Waals surface area contributed by atoms with Crippen LogP contribution in [-0.4, -0.2) is 81.3 Å². The molecule has 1 aliphatic carbocycles. The Bertz CT molecular complexity index is 2550. The van der Waals surface area contributed by atoms with Crippen molar-refractivity contribution in [2.75, 3.05) is 32.8 Å². The Morgan fingerprint density at radius 1 is 0.700 bits per heavy atom. The summed E-state index contributed by atoms with van der Waals surface area (Å²) in [6, 6.07) is 42.6. The van der Waals surface area contributed by atoms with Gasteiger partial charge < -0.3 is 28.6 Å². The minimum atomic E-state index is -0.976. The zero-order valence-corrected chi connectivity index (χ0v) is 33.6. The van der Waals surface area contributed by atoms with Crippen LogP contribution in [-0.2, 0) is 25.6 Å². The number of fused-ring (bicyclic) bond motifs is 4. The topological polar surface area (TPSA) is 132 Å². The molecular weight excluding hydrogens is 759 g/mol. The van der Waals surface area contributed by atoms with Gasteiger partial charge in [0.2, 0.25) is 5.91 Å². The number of aromatic nitrogens is 4. The van der Waals surface area contributed by atoms with Gasteiger partial charge in [0, 0.05) is 5.69 Å². The van der Waals surface area contributed by atoms with Gasteiger partial charge in [0.1, 0.15) is 31.3 Å². The molecule has 0 bridgehead atoms.